The van der Waals surface area contributed by atoms with E-state index in [1.165, 1.54) is 18.4 Å². The number of ketones is 1. The third-order valence-electron chi connectivity index (χ3n) is 5.53. The first-order chi connectivity index (χ1) is 14.8. The lowest BCUT2D eigenvalue weighted by Crippen LogP contribution is -2.41. The van der Waals surface area contributed by atoms with Gasteiger partial charge in [0, 0.05) is 10.0 Å². The van der Waals surface area contributed by atoms with Gasteiger partial charge in [0.05, 0.1) is 24.9 Å². The normalized spacial score (nSPS) is 18.1. The fourth-order valence-corrected chi connectivity index (χ4v) is 4.22. The minimum absolute atomic E-state index is 0.319. The van der Waals surface area contributed by atoms with Crippen molar-refractivity contribution >= 4 is 39.4 Å². The number of anilines is 1. The van der Waals surface area contributed by atoms with Crippen LogP contribution in [-0.2, 0) is 21.7 Å². The number of carbonyl (C=O) groups excluding carboxylic acids is 2. The first-order valence-electron chi connectivity index (χ1n) is 9.93. The smallest absolute Gasteiger partial charge is 0.264 e. The Morgan fingerprint density at radius 3 is 2.74 bits per heavy atom. The molecule has 4 rings (SSSR count). The van der Waals surface area contributed by atoms with E-state index in [4.69, 9.17) is 4.42 Å². The summed E-state index contributed by atoms with van der Waals surface area (Å²) in [5.41, 5.74) is 2.26. The van der Waals surface area contributed by atoms with E-state index in [0.717, 1.165) is 21.2 Å². The Hall–Kier alpha value is -2.96. The molecule has 0 aliphatic carbocycles. The van der Waals surface area contributed by atoms with Gasteiger partial charge in [0.1, 0.15) is 5.76 Å². The van der Waals surface area contributed by atoms with E-state index in [0.29, 0.717) is 23.6 Å². The van der Waals surface area contributed by atoms with Crippen molar-refractivity contribution in [2.45, 2.75) is 32.4 Å². The molecule has 0 fully saturated rings. The van der Waals surface area contributed by atoms with Crippen LogP contribution in [0.15, 0.2) is 69.8 Å². The standard InChI is InChI=1S/C25H22BrNO4/c1-16-5-6-17(2)18(12-16)15-27-23-10-7-19(26)13-22(23)25(30,24(27)29)14-20(28)8-9-21-4-3-11-31-21/h3-13,30H,14-15H2,1-2H3. The van der Waals surface area contributed by atoms with E-state index >= 15 is 0 Å². The Bertz CT molecular complexity index is 1180. The molecule has 0 radical (unpaired) electrons. The number of hydrogen-bond acceptors (Lipinski definition) is 4. The second-order valence-electron chi connectivity index (χ2n) is 7.83. The summed E-state index contributed by atoms with van der Waals surface area (Å²) in [5.74, 6) is -0.342. The number of fused-ring (bicyclic) bond motifs is 1. The minimum atomic E-state index is -1.93. The fourth-order valence-electron chi connectivity index (χ4n) is 3.86. The van der Waals surface area contributed by atoms with Crippen molar-refractivity contribution in [3.63, 3.8) is 0 Å². The van der Waals surface area contributed by atoms with Crippen LogP contribution in [0.2, 0.25) is 0 Å². The van der Waals surface area contributed by atoms with Crippen LogP contribution in [0.25, 0.3) is 6.08 Å². The van der Waals surface area contributed by atoms with Gasteiger partial charge in [-0.25, -0.2) is 0 Å². The molecule has 0 bridgehead atoms. The molecule has 0 spiro atoms. The highest BCUT2D eigenvalue weighted by Gasteiger charge is 2.50. The van der Waals surface area contributed by atoms with Crippen LogP contribution in [0.5, 0.6) is 0 Å². The summed E-state index contributed by atoms with van der Waals surface area (Å²) in [6, 6.07) is 14.8. The number of allylic oxidation sites excluding steroid dienone is 1. The average Bonchev–Trinajstić information content (AvgIpc) is 3.31. The molecule has 158 valence electrons. The zero-order chi connectivity index (χ0) is 22.2. The third kappa shape index (κ3) is 4.13. The molecule has 1 aliphatic rings. The van der Waals surface area contributed by atoms with E-state index in [-0.39, 0.29) is 12.2 Å². The molecule has 1 unspecified atom stereocenters. The number of aryl methyl sites for hydroxylation is 2. The number of amides is 1. The highest BCUT2D eigenvalue weighted by Crippen LogP contribution is 2.44. The summed E-state index contributed by atoms with van der Waals surface area (Å²) in [4.78, 5) is 27.6. The van der Waals surface area contributed by atoms with Gasteiger partial charge in [0.15, 0.2) is 11.4 Å². The van der Waals surface area contributed by atoms with Gasteiger partial charge in [-0.2, -0.15) is 0 Å². The van der Waals surface area contributed by atoms with Gasteiger partial charge in [-0.1, -0.05) is 39.7 Å². The number of nitrogens with zero attached hydrogens (tertiary/aromatic N) is 1. The molecule has 0 saturated carbocycles. The maximum absolute atomic E-state index is 13.4. The predicted octanol–water partition coefficient (Wildman–Crippen LogP) is 5.07. The summed E-state index contributed by atoms with van der Waals surface area (Å²) in [6.45, 7) is 4.31. The zero-order valence-electron chi connectivity index (χ0n) is 17.3. The van der Waals surface area contributed by atoms with Gasteiger partial charge >= 0.3 is 0 Å². The minimum Gasteiger partial charge on any atom is -0.465 e. The molecular weight excluding hydrogens is 458 g/mol. The van der Waals surface area contributed by atoms with Gasteiger partial charge in [0.2, 0.25) is 0 Å². The molecule has 1 atom stereocenters. The van der Waals surface area contributed by atoms with E-state index < -0.39 is 11.5 Å². The molecule has 5 nitrogen and oxygen atoms in total. The topological polar surface area (TPSA) is 70.8 Å². The molecule has 1 aromatic heterocycles. The highest BCUT2D eigenvalue weighted by atomic mass is 79.9. The predicted molar refractivity (Wildman–Crippen MR) is 123 cm³/mol. The molecule has 0 saturated heterocycles. The Morgan fingerprint density at radius 2 is 2.00 bits per heavy atom. The maximum Gasteiger partial charge on any atom is 0.264 e. The van der Waals surface area contributed by atoms with Crippen molar-refractivity contribution in [2.24, 2.45) is 0 Å². The molecule has 1 amide bonds. The van der Waals surface area contributed by atoms with Crippen LogP contribution in [0.3, 0.4) is 0 Å². The molecule has 2 aromatic carbocycles. The average molecular weight is 480 g/mol. The molecule has 3 aromatic rings. The zero-order valence-corrected chi connectivity index (χ0v) is 18.8. The lowest BCUT2D eigenvalue weighted by molar-refractivity contribution is -0.140. The van der Waals surface area contributed by atoms with E-state index in [9.17, 15) is 14.7 Å². The number of aliphatic hydroxyl groups is 1. The third-order valence-corrected chi connectivity index (χ3v) is 6.03. The Balaban J connectivity index is 1.67. The van der Waals surface area contributed by atoms with Crippen molar-refractivity contribution in [3.05, 3.63) is 93.4 Å². The van der Waals surface area contributed by atoms with Gasteiger partial charge < -0.3 is 14.4 Å². The summed E-state index contributed by atoms with van der Waals surface area (Å²) in [7, 11) is 0. The first kappa shape index (κ1) is 21.3. The monoisotopic (exact) mass is 479 g/mol. The van der Waals surface area contributed by atoms with Crippen LogP contribution < -0.4 is 4.90 Å². The quantitative estimate of drug-likeness (QED) is 0.501. The first-order valence-corrected chi connectivity index (χ1v) is 10.7. The molecule has 31 heavy (non-hydrogen) atoms. The lowest BCUT2D eigenvalue weighted by Gasteiger charge is -2.23. The van der Waals surface area contributed by atoms with E-state index in [2.05, 4.69) is 15.9 Å². The SMILES string of the molecule is Cc1ccc(C)c(CN2C(=O)C(O)(CC(=O)C=Cc3ccco3)c3cc(Br)ccc32)c1. The second-order valence-corrected chi connectivity index (χ2v) is 8.75. The van der Waals surface area contributed by atoms with Crippen molar-refractivity contribution in [1.82, 2.24) is 0 Å². The Morgan fingerprint density at radius 1 is 1.19 bits per heavy atom. The largest absolute Gasteiger partial charge is 0.465 e. The Labute approximate surface area is 189 Å². The van der Waals surface area contributed by atoms with Crippen LogP contribution in [0, 0.1) is 13.8 Å². The summed E-state index contributed by atoms with van der Waals surface area (Å²) >= 11 is 3.42. The highest BCUT2D eigenvalue weighted by molar-refractivity contribution is 9.10. The van der Waals surface area contributed by atoms with Gasteiger partial charge in [-0.3, -0.25) is 9.59 Å². The molecule has 2 heterocycles. The van der Waals surface area contributed by atoms with E-state index in [1.54, 1.807) is 29.2 Å². The Kier molecular flexibility index (Phi) is 5.69. The van der Waals surface area contributed by atoms with E-state index in [1.807, 2.05) is 38.1 Å². The van der Waals surface area contributed by atoms with Crippen molar-refractivity contribution in [1.29, 1.82) is 0 Å². The number of carbonyl (C=O) groups is 2. The number of halogens is 1. The number of furan rings is 1. The summed E-state index contributed by atoms with van der Waals surface area (Å²) in [6.07, 6.45) is 4.02. The van der Waals surface area contributed by atoms with Crippen molar-refractivity contribution in [3.8, 4) is 0 Å². The van der Waals surface area contributed by atoms with Gasteiger partial charge in [-0.05, 0) is 67.5 Å². The summed E-state index contributed by atoms with van der Waals surface area (Å²) in [5, 5.41) is 11.4. The number of rotatable bonds is 6. The molecule has 1 aliphatic heterocycles. The molecule has 6 heteroatoms. The summed E-state index contributed by atoms with van der Waals surface area (Å²) < 4.78 is 5.92. The molecular formula is C25H22BrNO4. The van der Waals surface area contributed by atoms with Crippen LogP contribution >= 0.6 is 15.9 Å². The number of benzene rings is 2. The second kappa shape index (κ2) is 8.29. The maximum atomic E-state index is 13.4. The van der Waals surface area contributed by atoms with Crippen LogP contribution in [-0.4, -0.2) is 16.8 Å². The lowest BCUT2D eigenvalue weighted by atomic mass is 9.90. The van der Waals surface area contributed by atoms with Crippen LogP contribution in [0.1, 0.15) is 34.4 Å². The number of hydrogen-bond donors (Lipinski definition) is 1. The van der Waals surface area contributed by atoms with Crippen LogP contribution in [0.4, 0.5) is 5.69 Å². The fraction of sp³-hybridized carbons (Fsp3) is 0.200. The van der Waals surface area contributed by atoms with Crippen molar-refractivity contribution in [2.75, 3.05) is 4.90 Å². The van der Waals surface area contributed by atoms with Gasteiger partial charge in [-0.15, -0.1) is 0 Å². The van der Waals surface area contributed by atoms with Crippen molar-refractivity contribution < 1.29 is 19.1 Å². The van der Waals surface area contributed by atoms with Gasteiger partial charge in [0.25, 0.3) is 5.91 Å². The molecule has 1 N–H and O–H groups in total.